The SMILES string of the molecule is COc1c(NC(=O)c2cc3cccc(NC(=O)c4ccccn4)c3s2)cc(C(C)(C)C)cc1NS(C)(=O)=O. The topological polar surface area (TPSA) is 126 Å². The van der Waals surface area contributed by atoms with Gasteiger partial charge in [-0.25, -0.2) is 8.42 Å². The van der Waals surface area contributed by atoms with E-state index in [1.54, 1.807) is 54.7 Å². The minimum absolute atomic E-state index is 0.196. The molecule has 198 valence electrons. The summed E-state index contributed by atoms with van der Waals surface area (Å²) >= 11 is 1.23. The molecule has 2 aromatic heterocycles. The number of fused-ring (bicyclic) bond motifs is 1. The van der Waals surface area contributed by atoms with Crippen molar-refractivity contribution in [3.05, 3.63) is 76.9 Å². The fraction of sp³-hybridized carbons (Fsp3) is 0.222. The lowest BCUT2D eigenvalue weighted by Crippen LogP contribution is -2.18. The summed E-state index contributed by atoms with van der Waals surface area (Å²) in [6.45, 7) is 5.95. The van der Waals surface area contributed by atoms with Gasteiger partial charge in [-0.2, -0.15) is 0 Å². The van der Waals surface area contributed by atoms with Crippen molar-refractivity contribution in [1.82, 2.24) is 4.98 Å². The number of nitrogens with one attached hydrogen (secondary N) is 3. The molecular formula is C27H28N4O5S2. The Hall–Kier alpha value is -3.96. The first-order chi connectivity index (χ1) is 17.9. The highest BCUT2D eigenvalue weighted by Crippen LogP contribution is 2.40. The van der Waals surface area contributed by atoms with Crippen LogP contribution in [0.2, 0.25) is 0 Å². The number of pyridine rings is 1. The molecule has 3 N–H and O–H groups in total. The smallest absolute Gasteiger partial charge is 0.274 e. The first kappa shape index (κ1) is 27.1. The Kier molecular flexibility index (Phi) is 7.43. The van der Waals surface area contributed by atoms with Gasteiger partial charge < -0.3 is 15.4 Å². The maximum atomic E-state index is 13.4. The lowest BCUT2D eigenvalue weighted by molar-refractivity contribution is 0.101. The number of amides is 2. The van der Waals surface area contributed by atoms with E-state index >= 15 is 0 Å². The molecule has 0 aliphatic heterocycles. The summed E-state index contributed by atoms with van der Waals surface area (Å²) < 4.78 is 32.7. The normalized spacial score (nSPS) is 11.7. The molecule has 0 bridgehead atoms. The lowest BCUT2D eigenvalue weighted by Gasteiger charge is -2.23. The number of benzene rings is 2. The molecule has 2 heterocycles. The van der Waals surface area contributed by atoms with Crippen LogP contribution in [-0.2, 0) is 15.4 Å². The van der Waals surface area contributed by atoms with E-state index in [-0.39, 0.29) is 28.5 Å². The summed E-state index contributed by atoms with van der Waals surface area (Å²) in [4.78, 5) is 30.5. The van der Waals surface area contributed by atoms with Crippen LogP contribution in [0.15, 0.2) is 60.8 Å². The van der Waals surface area contributed by atoms with E-state index in [0.717, 1.165) is 21.9 Å². The van der Waals surface area contributed by atoms with Crippen LogP contribution in [0.4, 0.5) is 17.1 Å². The number of ether oxygens (including phenoxy) is 1. The second-order valence-corrected chi connectivity index (χ2v) is 12.5. The number of anilines is 3. The lowest BCUT2D eigenvalue weighted by atomic mass is 9.86. The maximum Gasteiger partial charge on any atom is 0.274 e. The first-order valence-corrected chi connectivity index (χ1v) is 14.3. The standard InChI is InChI=1S/C27H28N4O5S2/c1-27(2,3)17-14-20(23(36-4)21(15-17)31-38(5,34)35)30-26(33)22-13-16-9-8-11-18(24(16)37-22)29-25(32)19-10-6-7-12-28-19/h6-15,31H,1-5H3,(H,29,32)(H,30,33). The van der Waals surface area contributed by atoms with Crippen molar-refractivity contribution in [3.8, 4) is 5.75 Å². The first-order valence-electron chi connectivity index (χ1n) is 11.6. The largest absolute Gasteiger partial charge is 0.492 e. The highest BCUT2D eigenvalue weighted by molar-refractivity contribution is 7.92. The molecule has 0 atom stereocenters. The minimum Gasteiger partial charge on any atom is -0.492 e. The van der Waals surface area contributed by atoms with Gasteiger partial charge in [0.25, 0.3) is 11.8 Å². The second-order valence-electron chi connectivity index (χ2n) is 9.69. The third kappa shape index (κ3) is 6.12. The van der Waals surface area contributed by atoms with Gasteiger partial charge in [-0.3, -0.25) is 19.3 Å². The zero-order valence-corrected chi connectivity index (χ0v) is 23.2. The van der Waals surface area contributed by atoms with Gasteiger partial charge >= 0.3 is 0 Å². The number of hydrogen-bond acceptors (Lipinski definition) is 7. The van der Waals surface area contributed by atoms with E-state index in [0.29, 0.717) is 16.3 Å². The van der Waals surface area contributed by atoms with E-state index < -0.39 is 15.9 Å². The average molecular weight is 553 g/mol. The number of thiophene rings is 1. The van der Waals surface area contributed by atoms with E-state index in [1.165, 1.54) is 18.4 Å². The number of methoxy groups -OCH3 is 1. The molecule has 0 saturated heterocycles. The van der Waals surface area contributed by atoms with Crippen molar-refractivity contribution >= 4 is 60.3 Å². The molecule has 4 rings (SSSR count). The fourth-order valence-corrected chi connectivity index (χ4v) is 5.37. The van der Waals surface area contributed by atoms with Crippen LogP contribution < -0.4 is 20.1 Å². The summed E-state index contributed by atoms with van der Waals surface area (Å²) in [5.41, 5.74) is 1.87. The molecule has 2 aromatic carbocycles. The van der Waals surface area contributed by atoms with Gasteiger partial charge in [-0.1, -0.05) is 39.0 Å². The van der Waals surface area contributed by atoms with Crippen LogP contribution in [0.1, 0.15) is 46.5 Å². The third-order valence-electron chi connectivity index (χ3n) is 5.62. The molecule has 0 aliphatic carbocycles. The van der Waals surface area contributed by atoms with Crippen LogP contribution in [0, 0.1) is 0 Å². The molecule has 0 unspecified atom stereocenters. The Morgan fingerprint density at radius 2 is 1.63 bits per heavy atom. The summed E-state index contributed by atoms with van der Waals surface area (Å²) in [5.74, 6) is -0.559. The number of aromatic nitrogens is 1. The van der Waals surface area contributed by atoms with Gasteiger partial charge in [-0.15, -0.1) is 11.3 Å². The number of carbonyl (C=O) groups excluding carboxylic acids is 2. The van der Waals surface area contributed by atoms with Crippen LogP contribution in [0.3, 0.4) is 0 Å². The Morgan fingerprint density at radius 1 is 0.921 bits per heavy atom. The summed E-state index contributed by atoms with van der Waals surface area (Å²) in [7, 11) is -2.19. The van der Waals surface area contributed by atoms with Crippen molar-refractivity contribution < 1.29 is 22.7 Å². The number of rotatable bonds is 7. The summed E-state index contributed by atoms with van der Waals surface area (Å²) in [6, 6.07) is 15.7. The predicted octanol–water partition coefficient (Wildman–Crippen LogP) is 5.48. The van der Waals surface area contributed by atoms with Crippen LogP contribution in [-0.4, -0.2) is 38.6 Å². The van der Waals surface area contributed by atoms with Crippen molar-refractivity contribution in [2.75, 3.05) is 28.7 Å². The summed E-state index contributed by atoms with van der Waals surface area (Å²) in [5, 5.41) is 6.53. The molecule has 0 saturated carbocycles. The second kappa shape index (κ2) is 10.4. The molecule has 11 heteroatoms. The number of nitrogens with zero attached hydrogens (tertiary/aromatic N) is 1. The van der Waals surface area contributed by atoms with Crippen molar-refractivity contribution in [3.63, 3.8) is 0 Å². The quantitative estimate of drug-likeness (QED) is 0.279. The highest BCUT2D eigenvalue weighted by atomic mass is 32.2. The van der Waals surface area contributed by atoms with Crippen LogP contribution in [0.25, 0.3) is 10.1 Å². The van der Waals surface area contributed by atoms with Crippen LogP contribution >= 0.6 is 11.3 Å². The number of carbonyl (C=O) groups is 2. The highest BCUT2D eigenvalue weighted by Gasteiger charge is 2.23. The molecule has 9 nitrogen and oxygen atoms in total. The van der Waals surface area contributed by atoms with Crippen molar-refractivity contribution in [1.29, 1.82) is 0 Å². The Bertz CT molecular complexity index is 1620. The average Bonchev–Trinajstić information content (AvgIpc) is 3.28. The van der Waals surface area contributed by atoms with Crippen molar-refractivity contribution in [2.45, 2.75) is 26.2 Å². The monoisotopic (exact) mass is 552 g/mol. The Balaban J connectivity index is 1.68. The van der Waals surface area contributed by atoms with Crippen molar-refractivity contribution in [2.24, 2.45) is 0 Å². The van der Waals surface area contributed by atoms with E-state index in [4.69, 9.17) is 4.74 Å². The molecule has 2 amide bonds. The third-order valence-corrected chi connectivity index (χ3v) is 7.39. The van der Waals surface area contributed by atoms with E-state index in [2.05, 4.69) is 20.3 Å². The molecular weight excluding hydrogens is 524 g/mol. The van der Waals surface area contributed by atoms with E-state index in [1.807, 2.05) is 26.8 Å². The molecule has 0 fully saturated rings. The Morgan fingerprint density at radius 3 is 2.26 bits per heavy atom. The van der Waals surface area contributed by atoms with E-state index in [9.17, 15) is 18.0 Å². The minimum atomic E-state index is -3.60. The number of hydrogen-bond donors (Lipinski definition) is 3. The number of sulfonamides is 1. The van der Waals surface area contributed by atoms with Gasteiger partial charge in [0, 0.05) is 6.20 Å². The van der Waals surface area contributed by atoms with Crippen LogP contribution in [0.5, 0.6) is 5.75 Å². The zero-order valence-electron chi connectivity index (χ0n) is 21.6. The molecule has 0 aliphatic rings. The zero-order chi connectivity index (χ0) is 27.7. The predicted molar refractivity (Wildman–Crippen MR) is 152 cm³/mol. The van der Waals surface area contributed by atoms with Gasteiger partial charge in [0.05, 0.1) is 40.0 Å². The fourth-order valence-electron chi connectivity index (χ4n) is 3.79. The molecule has 4 aromatic rings. The Labute approximate surface area is 225 Å². The molecule has 0 spiro atoms. The molecule has 0 radical (unpaired) electrons. The molecule has 38 heavy (non-hydrogen) atoms. The van der Waals surface area contributed by atoms with Gasteiger partial charge in [0.2, 0.25) is 10.0 Å². The van der Waals surface area contributed by atoms with Gasteiger partial charge in [0.15, 0.2) is 5.75 Å². The summed E-state index contributed by atoms with van der Waals surface area (Å²) in [6.07, 6.45) is 2.60. The van der Waals surface area contributed by atoms with Gasteiger partial charge in [-0.05, 0) is 52.8 Å². The van der Waals surface area contributed by atoms with Gasteiger partial charge in [0.1, 0.15) is 5.69 Å². The maximum absolute atomic E-state index is 13.4.